The standard InChI is InChI=1S/C9H15N3O4S2/c1-6(5-17-2)3-11-18(15,16)8-7(9(13)14)4-10-12-8/h4,6,11H,3,5H2,1-2H3,(H,10,12)(H,13,14). The van der Waals surface area contributed by atoms with E-state index < -0.39 is 21.0 Å². The molecule has 1 rings (SSSR count). The predicted octanol–water partition coefficient (Wildman–Crippen LogP) is 0.385. The number of aromatic nitrogens is 2. The first-order valence-corrected chi connectivity index (χ1v) is 8.01. The van der Waals surface area contributed by atoms with Crippen LogP contribution in [0.3, 0.4) is 0 Å². The van der Waals surface area contributed by atoms with Crippen molar-refractivity contribution in [1.82, 2.24) is 14.9 Å². The molecule has 1 aromatic heterocycles. The highest BCUT2D eigenvalue weighted by molar-refractivity contribution is 7.98. The molecule has 0 aliphatic heterocycles. The van der Waals surface area contributed by atoms with Crippen molar-refractivity contribution < 1.29 is 18.3 Å². The highest BCUT2D eigenvalue weighted by atomic mass is 32.2. The van der Waals surface area contributed by atoms with E-state index in [0.717, 1.165) is 11.9 Å². The fraction of sp³-hybridized carbons (Fsp3) is 0.556. The van der Waals surface area contributed by atoms with Gasteiger partial charge in [-0.25, -0.2) is 17.9 Å². The van der Waals surface area contributed by atoms with Gasteiger partial charge in [0.15, 0.2) is 5.03 Å². The Kier molecular flexibility index (Phi) is 5.17. The summed E-state index contributed by atoms with van der Waals surface area (Å²) in [6, 6.07) is 0. The van der Waals surface area contributed by atoms with E-state index in [0.29, 0.717) is 0 Å². The second-order valence-corrected chi connectivity index (χ2v) is 6.44. The lowest BCUT2D eigenvalue weighted by molar-refractivity contribution is 0.0692. The Morgan fingerprint density at radius 1 is 1.67 bits per heavy atom. The van der Waals surface area contributed by atoms with Crippen LogP contribution < -0.4 is 4.72 Å². The first kappa shape index (κ1) is 15.0. The summed E-state index contributed by atoms with van der Waals surface area (Å²) in [6.07, 6.45) is 2.91. The highest BCUT2D eigenvalue weighted by Crippen LogP contribution is 2.12. The minimum absolute atomic E-state index is 0.158. The van der Waals surface area contributed by atoms with Gasteiger partial charge in [0.05, 0.1) is 6.20 Å². The molecule has 0 saturated heterocycles. The maximum atomic E-state index is 11.9. The van der Waals surface area contributed by atoms with Gasteiger partial charge in [0.1, 0.15) is 5.56 Å². The quantitative estimate of drug-likeness (QED) is 0.670. The minimum Gasteiger partial charge on any atom is -0.478 e. The maximum Gasteiger partial charge on any atom is 0.340 e. The van der Waals surface area contributed by atoms with E-state index in [2.05, 4.69) is 14.9 Å². The zero-order valence-electron chi connectivity index (χ0n) is 10.0. The van der Waals surface area contributed by atoms with Crippen LogP contribution in [0.2, 0.25) is 0 Å². The molecular formula is C9H15N3O4S2. The van der Waals surface area contributed by atoms with Gasteiger partial charge in [-0.1, -0.05) is 6.92 Å². The highest BCUT2D eigenvalue weighted by Gasteiger charge is 2.24. The third-order valence-electron chi connectivity index (χ3n) is 2.18. The molecule has 1 heterocycles. The molecule has 3 N–H and O–H groups in total. The zero-order chi connectivity index (χ0) is 13.8. The Labute approximate surface area is 109 Å². The van der Waals surface area contributed by atoms with E-state index in [-0.39, 0.29) is 18.0 Å². The third-order valence-corrected chi connectivity index (χ3v) is 4.47. The van der Waals surface area contributed by atoms with Crippen molar-refractivity contribution in [1.29, 1.82) is 0 Å². The molecule has 9 heteroatoms. The number of thioether (sulfide) groups is 1. The Morgan fingerprint density at radius 3 is 2.89 bits per heavy atom. The molecule has 0 amide bonds. The van der Waals surface area contributed by atoms with E-state index in [1.54, 1.807) is 11.8 Å². The van der Waals surface area contributed by atoms with Crippen molar-refractivity contribution in [3.63, 3.8) is 0 Å². The second kappa shape index (κ2) is 6.21. The van der Waals surface area contributed by atoms with Gasteiger partial charge in [-0.15, -0.1) is 0 Å². The predicted molar refractivity (Wildman–Crippen MR) is 68.3 cm³/mol. The van der Waals surface area contributed by atoms with Crippen LogP contribution in [0.25, 0.3) is 0 Å². The molecule has 0 bridgehead atoms. The first-order chi connectivity index (χ1) is 8.38. The van der Waals surface area contributed by atoms with Crippen molar-refractivity contribution in [2.75, 3.05) is 18.6 Å². The second-order valence-electron chi connectivity index (χ2n) is 3.83. The van der Waals surface area contributed by atoms with Crippen LogP contribution in [0, 0.1) is 5.92 Å². The number of carboxylic acids is 1. The number of nitrogens with zero attached hydrogens (tertiary/aromatic N) is 1. The van der Waals surface area contributed by atoms with Crippen molar-refractivity contribution in [3.8, 4) is 0 Å². The SMILES string of the molecule is CSCC(C)CNS(=O)(=O)c1[nH]ncc1C(=O)O. The molecule has 0 spiro atoms. The number of nitrogens with one attached hydrogen (secondary N) is 2. The normalized spacial score (nSPS) is 13.4. The number of carbonyl (C=O) groups is 1. The van der Waals surface area contributed by atoms with E-state index in [9.17, 15) is 13.2 Å². The lowest BCUT2D eigenvalue weighted by atomic mass is 10.2. The van der Waals surface area contributed by atoms with Crippen LogP contribution in [0.15, 0.2) is 11.2 Å². The monoisotopic (exact) mass is 293 g/mol. The number of aromatic carboxylic acids is 1. The van der Waals surface area contributed by atoms with Crippen LogP contribution in [-0.4, -0.2) is 48.2 Å². The molecule has 1 unspecified atom stereocenters. The van der Waals surface area contributed by atoms with Gasteiger partial charge in [-0.05, 0) is 17.9 Å². The molecule has 1 aromatic rings. The number of hydrogen-bond donors (Lipinski definition) is 3. The van der Waals surface area contributed by atoms with Gasteiger partial charge in [0, 0.05) is 6.54 Å². The molecule has 18 heavy (non-hydrogen) atoms. The Balaban J connectivity index is 2.80. The van der Waals surface area contributed by atoms with Crippen LogP contribution in [-0.2, 0) is 10.0 Å². The lowest BCUT2D eigenvalue weighted by Gasteiger charge is -2.11. The summed E-state index contributed by atoms with van der Waals surface area (Å²) < 4.78 is 26.1. The fourth-order valence-corrected chi connectivity index (χ4v) is 3.24. The summed E-state index contributed by atoms with van der Waals surface area (Å²) in [7, 11) is -3.86. The van der Waals surface area contributed by atoms with Gasteiger partial charge in [-0.3, -0.25) is 5.10 Å². The molecule has 0 saturated carbocycles. The molecule has 0 aromatic carbocycles. The number of H-pyrrole nitrogens is 1. The summed E-state index contributed by atoms with van der Waals surface area (Å²) in [6.45, 7) is 2.16. The van der Waals surface area contributed by atoms with Gasteiger partial charge in [-0.2, -0.15) is 16.9 Å². The average Bonchev–Trinajstić information content (AvgIpc) is 2.76. The smallest absolute Gasteiger partial charge is 0.340 e. The number of carboxylic acid groups (broad SMARTS) is 1. The lowest BCUT2D eigenvalue weighted by Crippen LogP contribution is -2.30. The fourth-order valence-electron chi connectivity index (χ4n) is 1.30. The van der Waals surface area contributed by atoms with Gasteiger partial charge in [0.2, 0.25) is 0 Å². The van der Waals surface area contributed by atoms with Crippen LogP contribution in [0.1, 0.15) is 17.3 Å². The molecule has 102 valence electrons. The zero-order valence-corrected chi connectivity index (χ0v) is 11.6. The Hall–Kier alpha value is -1.06. The summed E-state index contributed by atoms with van der Waals surface area (Å²) in [5.41, 5.74) is -0.361. The number of hydrogen-bond acceptors (Lipinski definition) is 5. The Morgan fingerprint density at radius 2 is 2.33 bits per heavy atom. The molecule has 0 fully saturated rings. The largest absolute Gasteiger partial charge is 0.478 e. The van der Waals surface area contributed by atoms with Crippen LogP contribution >= 0.6 is 11.8 Å². The van der Waals surface area contributed by atoms with E-state index in [4.69, 9.17) is 5.11 Å². The van der Waals surface area contributed by atoms with Crippen LogP contribution in [0.4, 0.5) is 0 Å². The summed E-state index contributed by atoms with van der Waals surface area (Å²) in [5.74, 6) is -0.357. The Bertz CT molecular complexity index is 512. The summed E-state index contributed by atoms with van der Waals surface area (Å²) in [5, 5.41) is 14.1. The summed E-state index contributed by atoms with van der Waals surface area (Å²) >= 11 is 1.62. The average molecular weight is 293 g/mol. The van der Waals surface area contributed by atoms with Crippen molar-refractivity contribution in [2.24, 2.45) is 5.92 Å². The topological polar surface area (TPSA) is 112 Å². The van der Waals surface area contributed by atoms with Crippen molar-refractivity contribution >= 4 is 27.8 Å². The minimum atomic E-state index is -3.86. The van der Waals surface area contributed by atoms with Crippen molar-refractivity contribution in [2.45, 2.75) is 11.9 Å². The van der Waals surface area contributed by atoms with Gasteiger partial charge >= 0.3 is 5.97 Å². The molecule has 7 nitrogen and oxygen atoms in total. The molecule has 0 aliphatic rings. The van der Waals surface area contributed by atoms with Gasteiger partial charge in [0.25, 0.3) is 10.0 Å². The number of rotatable bonds is 7. The molecule has 0 radical (unpaired) electrons. The van der Waals surface area contributed by atoms with E-state index in [1.807, 2.05) is 13.2 Å². The maximum absolute atomic E-state index is 11.9. The first-order valence-electron chi connectivity index (χ1n) is 5.13. The number of sulfonamides is 1. The molecule has 1 atom stereocenters. The van der Waals surface area contributed by atoms with Crippen LogP contribution in [0.5, 0.6) is 0 Å². The third kappa shape index (κ3) is 3.72. The molecular weight excluding hydrogens is 278 g/mol. The van der Waals surface area contributed by atoms with E-state index >= 15 is 0 Å². The van der Waals surface area contributed by atoms with Crippen molar-refractivity contribution in [3.05, 3.63) is 11.8 Å². The molecule has 0 aliphatic carbocycles. The van der Waals surface area contributed by atoms with Gasteiger partial charge < -0.3 is 5.11 Å². The summed E-state index contributed by atoms with van der Waals surface area (Å²) in [4.78, 5) is 10.8. The van der Waals surface area contributed by atoms with E-state index in [1.165, 1.54) is 0 Å². The number of aromatic amines is 1.